The van der Waals surface area contributed by atoms with Crippen molar-refractivity contribution in [2.75, 3.05) is 0 Å². The third kappa shape index (κ3) is 6.56. The van der Waals surface area contributed by atoms with Crippen molar-refractivity contribution < 1.29 is 14.7 Å². The topological polar surface area (TPSA) is 66.4 Å². The number of nitrogens with one attached hydrogen (secondary N) is 1. The van der Waals surface area contributed by atoms with Gasteiger partial charge in [0.25, 0.3) is 0 Å². The molecule has 96 valence electrons. The fourth-order valence-electron chi connectivity index (χ4n) is 1.42. The van der Waals surface area contributed by atoms with E-state index in [1.54, 1.807) is 0 Å². The van der Waals surface area contributed by atoms with Crippen LogP contribution >= 0.6 is 0 Å². The van der Waals surface area contributed by atoms with Crippen LogP contribution in [0.2, 0.25) is 0 Å². The van der Waals surface area contributed by atoms with E-state index in [4.69, 9.17) is 5.11 Å². The van der Waals surface area contributed by atoms with Crippen LogP contribution in [0.15, 0.2) is 23.9 Å². The highest BCUT2D eigenvalue weighted by molar-refractivity contribution is 5.83. The minimum Gasteiger partial charge on any atom is -0.478 e. The molecule has 0 heterocycles. The lowest BCUT2D eigenvalue weighted by molar-refractivity contribution is -0.131. The minimum absolute atomic E-state index is 0.0437. The van der Waals surface area contributed by atoms with Gasteiger partial charge in [0.15, 0.2) is 0 Å². The molecule has 0 aromatic heterocycles. The molecule has 0 spiro atoms. The first-order chi connectivity index (χ1) is 7.88. The maximum absolute atomic E-state index is 11.0. The number of rotatable bonds is 6. The zero-order valence-electron chi connectivity index (χ0n) is 10.9. The number of allylic oxidation sites excluding steroid dienone is 3. The maximum atomic E-state index is 11.0. The summed E-state index contributed by atoms with van der Waals surface area (Å²) in [4.78, 5) is 21.7. The van der Waals surface area contributed by atoms with Crippen molar-refractivity contribution in [2.24, 2.45) is 11.8 Å². The number of aliphatic carboxylic acids is 1. The Morgan fingerprint density at radius 1 is 1.35 bits per heavy atom. The summed E-state index contributed by atoms with van der Waals surface area (Å²) in [5, 5.41) is 11.3. The molecule has 0 radical (unpaired) electrons. The van der Waals surface area contributed by atoms with Crippen LogP contribution in [0.5, 0.6) is 0 Å². The number of amides is 1. The highest BCUT2D eigenvalue weighted by Crippen LogP contribution is 2.19. The van der Waals surface area contributed by atoms with Gasteiger partial charge >= 0.3 is 5.97 Å². The average molecular weight is 239 g/mol. The monoisotopic (exact) mass is 239 g/mol. The van der Waals surface area contributed by atoms with Gasteiger partial charge in [-0.05, 0) is 12.3 Å². The van der Waals surface area contributed by atoms with Crippen molar-refractivity contribution in [3.05, 3.63) is 23.9 Å². The van der Waals surface area contributed by atoms with E-state index in [0.717, 1.165) is 12.5 Å². The summed E-state index contributed by atoms with van der Waals surface area (Å²) in [6, 6.07) is 0. The van der Waals surface area contributed by atoms with Crippen LogP contribution in [0.4, 0.5) is 0 Å². The van der Waals surface area contributed by atoms with Gasteiger partial charge in [0.05, 0.1) is 0 Å². The van der Waals surface area contributed by atoms with Gasteiger partial charge in [0, 0.05) is 24.6 Å². The average Bonchev–Trinajstić information content (AvgIpc) is 2.22. The molecule has 0 aromatic carbocycles. The fraction of sp³-hybridized carbons (Fsp3) is 0.538. The molecule has 0 bridgehead atoms. The van der Waals surface area contributed by atoms with Gasteiger partial charge in [-0.1, -0.05) is 32.9 Å². The molecular weight excluding hydrogens is 218 g/mol. The summed E-state index contributed by atoms with van der Waals surface area (Å²) in [5.41, 5.74) is 0.443. The molecule has 1 amide bonds. The Morgan fingerprint density at radius 3 is 2.35 bits per heavy atom. The van der Waals surface area contributed by atoms with Gasteiger partial charge in [-0.15, -0.1) is 0 Å². The fourth-order valence-corrected chi connectivity index (χ4v) is 1.42. The summed E-state index contributed by atoms with van der Waals surface area (Å²) in [6.45, 7) is 7.30. The molecule has 0 saturated heterocycles. The molecule has 0 rings (SSSR count). The number of carboxylic acid groups (broad SMARTS) is 1. The quantitative estimate of drug-likeness (QED) is 0.552. The molecule has 2 atom stereocenters. The predicted molar refractivity (Wildman–Crippen MR) is 67.3 cm³/mol. The van der Waals surface area contributed by atoms with Crippen LogP contribution in [0.3, 0.4) is 0 Å². The Kier molecular flexibility index (Phi) is 6.94. The number of carbonyl (C=O) groups is 2. The molecule has 0 fully saturated rings. The Balaban J connectivity index is 4.85. The maximum Gasteiger partial charge on any atom is 0.330 e. The molecule has 0 aliphatic carbocycles. The number of hydrogen-bond acceptors (Lipinski definition) is 2. The third-order valence-electron chi connectivity index (χ3n) is 2.55. The van der Waals surface area contributed by atoms with Gasteiger partial charge in [-0.2, -0.15) is 0 Å². The number of carboxylic acids is 1. The van der Waals surface area contributed by atoms with E-state index in [-0.39, 0.29) is 17.7 Å². The van der Waals surface area contributed by atoms with Gasteiger partial charge in [0.1, 0.15) is 0 Å². The molecule has 4 heteroatoms. The van der Waals surface area contributed by atoms with E-state index < -0.39 is 5.97 Å². The van der Waals surface area contributed by atoms with Crippen LogP contribution in [-0.4, -0.2) is 17.0 Å². The highest BCUT2D eigenvalue weighted by Gasteiger charge is 2.16. The van der Waals surface area contributed by atoms with E-state index >= 15 is 0 Å². The van der Waals surface area contributed by atoms with E-state index in [9.17, 15) is 9.59 Å². The Bertz CT molecular complexity index is 332. The van der Waals surface area contributed by atoms with Gasteiger partial charge in [0.2, 0.25) is 5.91 Å². The third-order valence-corrected chi connectivity index (χ3v) is 2.55. The lowest BCUT2D eigenvalue weighted by Gasteiger charge is -2.20. The lowest BCUT2D eigenvalue weighted by Crippen LogP contribution is -2.27. The molecule has 2 N–H and O–H groups in total. The number of carbonyl (C=O) groups excluding carboxylic acids is 1. The number of hydrogen-bond donors (Lipinski definition) is 2. The smallest absolute Gasteiger partial charge is 0.330 e. The normalized spacial score (nSPS) is 15.6. The Morgan fingerprint density at radius 2 is 1.94 bits per heavy atom. The Hall–Kier alpha value is -1.58. The summed E-state index contributed by atoms with van der Waals surface area (Å²) < 4.78 is 0. The van der Waals surface area contributed by atoms with Crippen molar-refractivity contribution >= 4 is 11.9 Å². The second kappa shape index (κ2) is 7.65. The molecule has 4 nitrogen and oxygen atoms in total. The SMILES string of the molecule is CCC=C[C@@H](C)[C@@H](C)C(=CC(=O)O)NC(C)=O. The zero-order valence-corrected chi connectivity index (χ0v) is 10.9. The lowest BCUT2D eigenvalue weighted by atomic mass is 9.91. The van der Waals surface area contributed by atoms with Crippen molar-refractivity contribution in [2.45, 2.75) is 34.1 Å². The molecule has 17 heavy (non-hydrogen) atoms. The molecule has 0 unspecified atom stereocenters. The molecule has 0 saturated carbocycles. The summed E-state index contributed by atoms with van der Waals surface area (Å²) in [5.74, 6) is -1.17. The van der Waals surface area contributed by atoms with E-state index in [1.807, 2.05) is 32.9 Å². The van der Waals surface area contributed by atoms with Crippen molar-refractivity contribution in [3.8, 4) is 0 Å². The first-order valence-electron chi connectivity index (χ1n) is 5.77. The predicted octanol–water partition coefficient (Wildman–Crippen LogP) is 2.33. The Labute approximate surface area is 102 Å². The van der Waals surface area contributed by atoms with Crippen LogP contribution in [0.25, 0.3) is 0 Å². The van der Waals surface area contributed by atoms with E-state index in [2.05, 4.69) is 5.32 Å². The van der Waals surface area contributed by atoms with Crippen LogP contribution in [0.1, 0.15) is 34.1 Å². The largest absolute Gasteiger partial charge is 0.478 e. The van der Waals surface area contributed by atoms with Gasteiger partial charge in [-0.3, -0.25) is 4.79 Å². The van der Waals surface area contributed by atoms with Crippen molar-refractivity contribution in [1.29, 1.82) is 0 Å². The molecule has 0 aliphatic rings. The summed E-state index contributed by atoms with van der Waals surface area (Å²) in [6.07, 6.45) is 6.06. The molecule has 0 aliphatic heterocycles. The van der Waals surface area contributed by atoms with Crippen molar-refractivity contribution in [1.82, 2.24) is 5.32 Å². The summed E-state index contributed by atoms with van der Waals surface area (Å²) >= 11 is 0. The van der Waals surface area contributed by atoms with Crippen molar-refractivity contribution in [3.63, 3.8) is 0 Å². The molecular formula is C13H21NO3. The first-order valence-corrected chi connectivity index (χ1v) is 5.77. The van der Waals surface area contributed by atoms with E-state index in [0.29, 0.717) is 5.70 Å². The summed E-state index contributed by atoms with van der Waals surface area (Å²) in [7, 11) is 0. The van der Waals surface area contributed by atoms with Crippen LogP contribution in [0, 0.1) is 11.8 Å². The first kappa shape index (κ1) is 15.4. The van der Waals surface area contributed by atoms with Crippen LogP contribution < -0.4 is 5.32 Å². The molecule has 0 aromatic rings. The second-order valence-corrected chi connectivity index (χ2v) is 4.10. The minimum atomic E-state index is -1.05. The zero-order chi connectivity index (χ0) is 13.4. The second-order valence-electron chi connectivity index (χ2n) is 4.10. The van der Waals surface area contributed by atoms with Gasteiger partial charge in [-0.25, -0.2) is 4.79 Å². The van der Waals surface area contributed by atoms with E-state index in [1.165, 1.54) is 6.92 Å². The van der Waals surface area contributed by atoms with Crippen LogP contribution in [-0.2, 0) is 9.59 Å². The standard InChI is InChI=1S/C13H21NO3/c1-5-6-7-9(2)10(3)12(8-13(16)17)14-11(4)15/h6-10H,5H2,1-4H3,(H,14,15)(H,16,17)/t9-,10-/m1/s1. The van der Waals surface area contributed by atoms with Gasteiger partial charge < -0.3 is 10.4 Å². The highest BCUT2D eigenvalue weighted by atomic mass is 16.4.